The normalized spacial score (nSPS) is 11.7. The first kappa shape index (κ1) is 14.0. The fourth-order valence-corrected chi connectivity index (χ4v) is 1.73. The lowest BCUT2D eigenvalue weighted by molar-refractivity contribution is 0.265. The van der Waals surface area contributed by atoms with Crippen LogP contribution in [0.25, 0.3) is 0 Å². The molecule has 0 aliphatic rings. The number of nitrogens with two attached hydrogens (primary N) is 1. The van der Waals surface area contributed by atoms with Crippen molar-refractivity contribution in [3.05, 3.63) is 53.7 Å². The van der Waals surface area contributed by atoms with Gasteiger partial charge in [-0.15, -0.1) is 0 Å². The summed E-state index contributed by atoms with van der Waals surface area (Å²) >= 11 is 0. The summed E-state index contributed by atoms with van der Waals surface area (Å²) in [5, 5.41) is 17.9. The molecule has 0 aliphatic carbocycles. The largest absolute Gasteiger partial charge is 0.438 e. The van der Waals surface area contributed by atoms with Gasteiger partial charge in [0.2, 0.25) is 5.88 Å². The monoisotopic (exact) mass is 269 g/mol. The van der Waals surface area contributed by atoms with Gasteiger partial charge in [0.1, 0.15) is 17.4 Å². The lowest BCUT2D eigenvalue weighted by Gasteiger charge is -2.09. The fourth-order valence-electron chi connectivity index (χ4n) is 1.73. The molecule has 0 unspecified atom stereocenters. The molecule has 0 bridgehead atoms. The van der Waals surface area contributed by atoms with Gasteiger partial charge in [0, 0.05) is 12.2 Å². The van der Waals surface area contributed by atoms with Gasteiger partial charge in [0.15, 0.2) is 0 Å². The van der Waals surface area contributed by atoms with Gasteiger partial charge in [-0.2, -0.15) is 5.26 Å². The molecule has 0 spiro atoms. The number of aliphatic hydroxyl groups excluding tert-OH is 1. The van der Waals surface area contributed by atoms with Crippen LogP contribution in [0.15, 0.2) is 42.6 Å². The Hall–Kier alpha value is -2.42. The van der Waals surface area contributed by atoms with Crippen LogP contribution in [-0.2, 0) is 6.42 Å². The first-order valence-corrected chi connectivity index (χ1v) is 6.21. The van der Waals surface area contributed by atoms with Crippen LogP contribution >= 0.6 is 0 Å². The van der Waals surface area contributed by atoms with Gasteiger partial charge in [-0.05, 0) is 36.2 Å². The molecule has 0 saturated carbocycles. The zero-order chi connectivity index (χ0) is 14.4. The number of aliphatic hydroxyl groups is 1. The summed E-state index contributed by atoms with van der Waals surface area (Å²) in [6.45, 7) is -0.0439. The van der Waals surface area contributed by atoms with Crippen molar-refractivity contribution in [1.29, 1.82) is 5.26 Å². The van der Waals surface area contributed by atoms with E-state index in [4.69, 9.17) is 20.8 Å². The Labute approximate surface area is 117 Å². The highest BCUT2D eigenvalue weighted by atomic mass is 16.5. The number of hydrogen-bond acceptors (Lipinski definition) is 5. The molecule has 102 valence electrons. The summed E-state index contributed by atoms with van der Waals surface area (Å²) < 4.78 is 5.57. The van der Waals surface area contributed by atoms with Crippen LogP contribution in [-0.4, -0.2) is 22.7 Å². The molecular formula is C15H15N3O2. The molecular weight excluding hydrogens is 254 g/mol. The average molecular weight is 269 g/mol. The second kappa shape index (κ2) is 6.66. The van der Waals surface area contributed by atoms with Gasteiger partial charge in [-0.3, -0.25) is 0 Å². The highest BCUT2D eigenvalue weighted by molar-refractivity contribution is 5.40. The predicted octanol–water partition coefficient (Wildman–Crippen LogP) is 1.61. The Balaban J connectivity index is 2.09. The van der Waals surface area contributed by atoms with Crippen molar-refractivity contribution in [3.8, 4) is 17.7 Å². The smallest absolute Gasteiger partial charge is 0.237 e. The summed E-state index contributed by atoms with van der Waals surface area (Å²) in [6, 6.07) is 12.4. The number of nitriles is 1. The maximum Gasteiger partial charge on any atom is 0.237 e. The van der Waals surface area contributed by atoms with Crippen LogP contribution in [0.1, 0.15) is 11.1 Å². The molecule has 0 aliphatic heterocycles. The zero-order valence-electron chi connectivity index (χ0n) is 10.9. The molecule has 1 aromatic heterocycles. The maximum absolute atomic E-state index is 8.96. The lowest BCUT2D eigenvalue weighted by Crippen LogP contribution is -2.26. The average Bonchev–Trinajstić information content (AvgIpc) is 2.49. The van der Waals surface area contributed by atoms with Gasteiger partial charge in [-0.25, -0.2) is 4.98 Å². The zero-order valence-corrected chi connectivity index (χ0v) is 10.9. The molecule has 3 N–H and O–H groups in total. The highest BCUT2D eigenvalue weighted by Gasteiger charge is 2.06. The van der Waals surface area contributed by atoms with Crippen LogP contribution in [0.5, 0.6) is 11.6 Å². The minimum absolute atomic E-state index is 0.0439. The molecule has 0 radical (unpaired) electrons. The maximum atomic E-state index is 8.96. The van der Waals surface area contributed by atoms with Crippen molar-refractivity contribution < 1.29 is 9.84 Å². The van der Waals surface area contributed by atoms with E-state index in [1.807, 2.05) is 18.2 Å². The van der Waals surface area contributed by atoms with Crippen LogP contribution in [0.4, 0.5) is 0 Å². The van der Waals surface area contributed by atoms with Gasteiger partial charge >= 0.3 is 0 Å². The van der Waals surface area contributed by atoms with E-state index in [1.165, 1.54) is 0 Å². The van der Waals surface area contributed by atoms with E-state index in [0.717, 1.165) is 5.56 Å². The number of benzene rings is 1. The molecule has 1 aromatic carbocycles. The summed E-state index contributed by atoms with van der Waals surface area (Å²) in [4.78, 5) is 4.03. The van der Waals surface area contributed by atoms with E-state index < -0.39 is 0 Å². The molecule has 2 rings (SSSR count). The van der Waals surface area contributed by atoms with Gasteiger partial charge in [0.05, 0.1) is 6.61 Å². The topological polar surface area (TPSA) is 92.2 Å². The van der Waals surface area contributed by atoms with Crippen molar-refractivity contribution in [2.24, 2.45) is 5.73 Å². The standard InChI is InChI=1S/C15H15N3O2/c16-9-12-2-1-7-18-15(12)20-14-5-3-11(4-6-14)8-13(17)10-19/h1-7,13,19H,8,10,17H2/t13-/m1/s1. The highest BCUT2D eigenvalue weighted by Crippen LogP contribution is 2.22. The Kier molecular flexibility index (Phi) is 4.66. The number of ether oxygens (including phenoxy) is 1. The van der Waals surface area contributed by atoms with E-state index in [-0.39, 0.29) is 18.5 Å². The minimum Gasteiger partial charge on any atom is -0.438 e. The van der Waals surface area contributed by atoms with Gasteiger partial charge < -0.3 is 15.6 Å². The van der Waals surface area contributed by atoms with Crippen molar-refractivity contribution in [1.82, 2.24) is 4.98 Å². The lowest BCUT2D eigenvalue weighted by atomic mass is 10.1. The Bertz CT molecular complexity index is 605. The van der Waals surface area contributed by atoms with Crippen molar-refractivity contribution in [3.63, 3.8) is 0 Å². The third kappa shape index (κ3) is 3.54. The third-order valence-corrected chi connectivity index (χ3v) is 2.76. The number of aromatic nitrogens is 1. The summed E-state index contributed by atoms with van der Waals surface area (Å²) in [6.07, 6.45) is 2.18. The molecule has 5 heteroatoms. The molecule has 5 nitrogen and oxygen atoms in total. The minimum atomic E-state index is -0.261. The van der Waals surface area contributed by atoms with Crippen molar-refractivity contribution in [2.75, 3.05) is 6.61 Å². The SMILES string of the molecule is N#Cc1cccnc1Oc1ccc(C[C@@H](N)CO)cc1. The number of pyridine rings is 1. The fraction of sp³-hybridized carbons (Fsp3) is 0.200. The Morgan fingerprint density at radius 2 is 2.05 bits per heavy atom. The van der Waals surface area contributed by atoms with Crippen LogP contribution in [0, 0.1) is 11.3 Å². The van der Waals surface area contributed by atoms with Gasteiger partial charge in [-0.1, -0.05) is 12.1 Å². The molecule has 0 saturated heterocycles. The summed E-state index contributed by atoms with van der Waals surface area (Å²) in [5.41, 5.74) is 7.08. The Morgan fingerprint density at radius 3 is 2.70 bits per heavy atom. The number of hydrogen-bond donors (Lipinski definition) is 2. The number of rotatable bonds is 5. The molecule has 2 aromatic rings. The van der Waals surface area contributed by atoms with Crippen molar-refractivity contribution in [2.45, 2.75) is 12.5 Å². The Morgan fingerprint density at radius 1 is 1.30 bits per heavy atom. The van der Waals surface area contributed by atoms with E-state index in [1.54, 1.807) is 30.5 Å². The van der Waals surface area contributed by atoms with E-state index >= 15 is 0 Å². The molecule has 0 amide bonds. The number of nitrogens with zero attached hydrogens (tertiary/aromatic N) is 2. The van der Waals surface area contributed by atoms with E-state index in [0.29, 0.717) is 17.7 Å². The first-order valence-electron chi connectivity index (χ1n) is 6.21. The molecule has 1 atom stereocenters. The van der Waals surface area contributed by atoms with E-state index in [2.05, 4.69) is 4.98 Å². The van der Waals surface area contributed by atoms with Gasteiger partial charge in [0.25, 0.3) is 0 Å². The van der Waals surface area contributed by atoms with E-state index in [9.17, 15) is 0 Å². The molecule has 0 fully saturated rings. The molecule has 20 heavy (non-hydrogen) atoms. The third-order valence-electron chi connectivity index (χ3n) is 2.76. The quantitative estimate of drug-likeness (QED) is 0.860. The summed E-state index contributed by atoms with van der Waals surface area (Å²) in [7, 11) is 0. The van der Waals surface area contributed by atoms with Crippen LogP contribution in [0.3, 0.4) is 0 Å². The predicted molar refractivity (Wildman–Crippen MR) is 74.2 cm³/mol. The first-order chi connectivity index (χ1) is 9.72. The molecule has 1 heterocycles. The summed E-state index contributed by atoms with van der Waals surface area (Å²) in [5.74, 6) is 0.885. The second-order valence-electron chi connectivity index (χ2n) is 4.36. The van der Waals surface area contributed by atoms with Crippen molar-refractivity contribution >= 4 is 0 Å². The van der Waals surface area contributed by atoms with Crippen LogP contribution < -0.4 is 10.5 Å². The second-order valence-corrected chi connectivity index (χ2v) is 4.36. The van der Waals surface area contributed by atoms with Crippen LogP contribution in [0.2, 0.25) is 0 Å².